The lowest BCUT2D eigenvalue weighted by atomic mass is 9.86. The Morgan fingerprint density at radius 1 is 1.21 bits per heavy atom. The van der Waals surface area contributed by atoms with Crippen molar-refractivity contribution in [3.63, 3.8) is 0 Å². The summed E-state index contributed by atoms with van der Waals surface area (Å²) in [5, 5.41) is 9.76. The maximum Gasteiger partial charge on any atom is 0.340 e. The number of para-hydroxylation sites is 1. The number of carbonyl (C=O) groups is 1. The molecule has 4 nitrogen and oxygen atoms in total. The number of ether oxygens (including phenoxy) is 1. The van der Waals surface area contributed by atoms with Crippen molar-refractivity contribution in [2.75, 3.05) is 0 Å². The highest BCUT2D eigenvalue weighted by Gasteiger charge is 2.26. The van der Waals surface area contributed by atoms with Gasteiger partial charge in [0, 0.05) is 5.39 Å². The first-order valence-corrected chi connectivity index (χ1v) is 9.55. The van der Waals surface area contributed by atoms with E-state index in [0.717, 1.165) is 40.6 Å². The Morgan fingerprint density at radius 2 is 1.97 bits per heavy atom. The predicted molar refractivity (Wildman–Crippen MR) is 109 cm³/mol. The summed E-state index contributed by atoms with van der Waals surface area (Å²) in [5.41, 5.74) is 4.69. The van der Waals surface area contributed by atoms with Gasteiger partial charge in [0.05, 0.1) is 16.8 Å². The maximum absolute atomic E-state index is 13.2. The van der Waals surface area contributed by atoms with Gasteiger partial charge in [-0.25, -0.2) is 14.2 Å². The molecule has 4 rings (SSSR count). The highest BCUT2D eigenvalue weighted by Crippen LogP contribution is 2.36. The van der Waals surface area contributed by atoms with E-state index in [0.29, 0.717) is 17.5 Å². The van der Waals surface area contributed by atoms with Gasteiger partial charge in [-0.05, 0) is 67.2 Å². The Kier molecular flexibility index (Phi) is 5.09. The van der Waals surface area contributed by atoms with Crippen LogP contribution in [-0.4, -0.2) is 17.1 Å². The number of hydrogen-bond donors (Lipinski definition) is 0. The average Bonchev–Trinajstić information content (AvgIpc) is 2.73. The number of esters is 1. The van der Waals surface area contributed by atoms with Gasteiger partial charge in [0.2, 0.25) is 0 Å². The molecule has 3 aromatic rings. The molecule has 144 valence electrons. The van der Waals surface area contributed by atoms with Crippen molar-refractivity contribution < 1.29 is 13.9 Å². The van der Waals surface area contributed by atoms with E-state index in [1.807, 2.05) is 36.4 Å². The quantitative estimate of drug-likeness (QED) is 0.572. The van der Waals surface area contributed by atoms with Crippen molar-refractivity contribution in [1.82, 2.24) is 4.98 Å². The van der Waals surface area contributed by atoms with Gasteiger partial charge in [0.1, 0.15) is 11.9 Å². The molecule has 0 spiro atoms. The van der Waals surface area contributed by atoms with Crippen LogP contribution in [0, 0.1) is 17.1 Å². The van der Waals surface area contributed by atoms with Gasteiger partial charge in [0.15, 0.2) is 6.10 Å². The van der Waals surface area contributed by atoms with Crippen molar-refractivity contribution in [2.24, 2.45) is 0 Å². The molecule has 0 unspecified atom stereocenters. The van der Waals surface area contributed by atoms with Crippen molar-refractivity contribution >= 4 is 28.5 Å². The first kappa shape index (κ1) is 18.8. The van der Waals surface area contributed by atoms with E-state index < -0.39 is 12.1 Å². The number of halogens is 1. The van der Waals surface area contributed by atoms with Crippen LogP contribution < -0.4 is 0 Å². The van der Waals surface area contributed by atoms with Crippen LogP contribution in [0.4, 0.5) is 4.39 Å². The summed E-state index contributed by atoms with van der Waals surface area (Å²) in [5.74, 6) is -0.783. The molecular weight excluding hydrogens is 367 g/mol. The zero-order chi connectivity index (χ0) is 20.4. The highest BCUT2D eigenvalue weighted by molar-refractivity contribution is 6.06. The van der Waals surface area contributed by atoms with Crippen LogP contribution in [0.5, 0.6) is 0 Å². The molecule has 0 saturated carbocycles. The second kappa shape index (κ2) is 7.84. The first-order chi connectivity index (χ1) is 14.1. The summed E-state index contributed by atoms with van der Waals surface area (Å²) in [6.45, 7) is 1.55. The zero-order valence-electron chi connectivity index (χ0n) is 16.0. The van der Waals surface area contributed by atoms with Crippen LogP contribution in [0.2, 0.25) is 0 Å². The summed E-state index contributed by atoms with van der Waals surface area (Å²) in [6.07, 6.45) is 3.56. The normalized spacial score (nSPS) is 15.6. The molecule has 0 radical (unpaired) electrons. The molecule has 0 bridgehead atoms. The molecule has 1 aliphatic carbocycles. The third kappa shape index (κ3) is 3.74. The smallest absolute Gasteiger partial charge is 0.340 e. The van der Waals surface area contributed by atoms with Crippen molar-refractivity contribution in [3.8, 4) is 6.07 Å². The molecule has 0 fully saturated rings. The van der Waals surface area contributed by atoms with Crippen LogP contribution in [0.3, 0.4) is 0 Å². The fraction of sp³-hybridized carbons (Fsp3) is 0.208. The summed E-state index contributed by atoms with van der Waals surface area (Å²) < 4.78 is 18.6. The summed E-state index contributed by atoms with van der Waals surface area (Å²) in [7, 11) is 0. The minimum Gasteiger partial charge on any atom is -0.444 e. The topological polar surface area (TPSA) is 63.0 Å². The van der Waals surface area contributed by atoms with Gasteiger partial charge in [-0.1, -0.05) is 30.3 Å². The molecule has 1 aliphatic rings. The summed E-state index contributed by atoms with van der Waals surface area (Å²) >= 11 is 0. The second-order valence-electron chi connectivity index (χ2n) is 7.08. The van der Waals surface area contributed by atoms with Gasteiger partial charge in [-0.3, -0.25) is 0 Å². The van der Waals surface area contributed by atoms with E-state index in [9.17, 15) is 9.18 Å². The summed E-state index contributed by atoms with van der Waals surface area (Å²) in [6, 6.07) is 15.7. The lowest BCUT2D eigenvalue weighted by Gasteiger charge is -2.22. The lowest BCUT2D eigenvalue weighted by Crippen LogP contribution is -2.18. The third-order valence-electron chi connectivity index (χ3n) is 5.05. The second-order valence-corrected chi connectivity index (χ2v) is 7.08. The minimum atomic E-state index is -0.831. The minimum absolute atomic E-state index is 0.281. The predicted octanol–water partition coefficient (Wildman–Crippen LogP) is 5.32. The van der Waals surface area contributed by atoms with Crippen LogP contribution >= 0.6 is 0 Å². The standard InChI is InChI=1S/C24H19FN2O2/c1-15(14-26)29-24(28)22-19-6-2-3-8-21(19)27-23-17(5-4-7-20(22)23)13-16-9-11-18(25)12-10-16/h2-3,6,8-13,15H,4-5,7H2,1H3/b17-13+/t15-/m1/s1. The Bertz CT molecular complexity index is 1160. The van der Waals surface area contributed by atoms with E-state index in [-0.39, 0.29) is 5.82 Å². The van der Waals surface area contributed by atoms with E-state index in [1.54, 1.807) is 19.1 Å². The van der Waals surface area contributed by atoms with Gasteiger partial charge in [-0.15, -0.1) is 0 Å². The Hall–Kier alpha value is -3.52. The number of pyridine rings is 1. The van der Waals surface area contributed by atoms with Crippen LogP contribution in [-0.2, 0) is 11.2 Å². The van der Waals surface area contributed by atoms with E-state index in [1.165, 1.54) is 12.1 Å². The summed E-state index contributed by atoms with van der Waals surface area (Å²) in [4.78, 5) is 17.8. The van der Waals surface area contributed by atoms with Crippen LogP contribution in [0.25, 0.3) is 22.6 Å². The third-order valence-corrected chi connectivity index (χ3v) is 5.05. The molecule has 0 saturated heterocycles. The van der Waals surface area contributed by atoms with E-state index >= 15 is 0 Å². The monoisotopic (exact) mass is 386 g/mol. The number of nitriles is 1. The molecule has 1 atom stereocenters. The molecule has 1 aromatic heterocycles. The van der Waals surface area contributed by atoms with Gasteiger partial charge in [-0.2, -0.15) is 5.26 Å². The molecule has 5 heteroatoms. The van der Waals surface area contributed by atoms with Crippen molar-refractivity contribution in [2.45, 2.75) is 32.3 Å². The molecule has 0 aliphatic heterocycles. The highest BCUT2D eigenvalue weighted by atomic mass is 19.1. The number of rotatable bonds is 3. The molecular formula is C24H19FN2O2. The number of fused-ring (bicyclic) bond motifs is 2. The number of benzene rings is 2. The Labute approximate surface area is 168 Å². The zero-order valence-corrected chi connectivity index (χ0v) is 16.0. The van der Waals surface area contributed by atoms with Crippen LogP contribution in [0.1, 0.15) is 46.9 Å². The number of nitrogens with zero attached hydrogens (tertiary/aromatic N) is 2. The number of carbonyl (C=O) groups excluding carboxylic acids is 1. The van der Waals surface area contributed by atoms with Crippen LogP contribution in [0.15, 0.2) is 48.5 Å². The molecule has 29 heavy (non-hydrogen) atoms. The Morgan fingerprint density at radius 3 is 2.72 bits per heavy atom. The molecule has 2 aromatic carbocycles. The van der Waals surface area contributed by atoms with Gasteiger partial charge >= 0.3 is 5.97 Å². The first-order valence-electron chi connectivity index (χ1n) is 9.55. The molecule has 0 amide bonds. The largest absolute Gasteiger partial charge is 0.444 e. The lowest BCUT2D eigenvalue weighted by molar-refractivity contribution is 0.0436. The number of hydrogen-bond acceptors (Lipinski definition) is 4. The van der Waals surface area contributed by atoms with E-state index in [2.05, 4.69) is 0 Å². The van der Waals surface area contributed by atoms with E-state index in [4.69, 9.17) is 15.0 Å². The van der Waals surface area contributed by atoms with Crippen molar-refractivity contribution in [3.05, 3.63) is 76.7 Å². The maximum atomic E-state index is 13.2. The Balaban J connectivity index is 1.89. The number of aromatic nitrogens is 1. The average molecular weight is 386 g/mol. The fourth-order valence-electron chi connectivity index (χ4n) is 3.71. The molecule has 1 heterocycles. The number of allylic oxidation sites excluding steroid dienone is 1. The van der Waals surface area contributed by atoms with Gasteiger partial charge in [0.25, 0.3) is 0 Å². The van der Waals surface area contributed by atoms with Crippen molar-refractivity contribution in [1.29, 1.82) is 5.26 Å². The van der Waals surface area contributed by atoms with Gasteiger partial charge < -0.3 is 4.74 Å². The SMILES string of the molecule is C[C@H](C#N)OC(=O)c1c2c(nc3ccccc13)/C(=C/c1ccc(F)cc1)CCC2. The molecule has 0 N–H and O–H groups in total. The fourth-order valence-corrected chi connectivity index (χ4v) is 3.71.